The van der Waals surface area contributed by atoms with E-state index >= 15 is 0 Å². The number of nitrogens with zero attached hydrogens (tertiary/aromatic N) is 2. The van der Waals surface area contributed by atoms with Gasteiger partial charge in [-0.25, -0.2) is 9.69 Å². The molecular weight excluding hydrogens is 444 g/mol. The Morgan fingerprint density at radius 3 is 2.20 bits per heavy atom. The first-order valence-electron chi connectivity index (χ1n) is 11.3. The van der Waals surface area contributed by atoms with Crippen molar-refractivity contribution in [3.05, 3.63) is 101 Å². The molecule has 1 heterocycles. The van der Waals surface area contributed by atoms with Crippen LogP contribution in [0.15, 0.2) is 78.9 Å². The van der Waals surface area contributed by atoms with E-state index in [2.05, 4.69) is 0 Å². The van der Waals surface area contributed by atoms with E-state index in [1.165, 1.54) is 24.3 Å². The SMILES string of the molecule is Cc1ccc(C(=O)COC(=O)c2ccc(N3C(=O)CC(N(C)Cc4ccccc4)C3=O)cc2)cc1. The molecule has 2 amide bonds. The Bertz CT molecular complexity index is 1240. The van der Waals surface area contributed by atoms with Crippen molar-refractivity contribution in [1.82, 2.24) is 4.90 Å². The van der Waals surface area contributed by atoms with E-state index in [1.807, 2.05) is 61.3 Å². The maximum Gasteiger partial charge on any atom is 0.338 e. The number of anilines is 1. The summed E-state index contributed by atoms with van der Waals surface area (Å²) in [5, 5.41) is 0. The molecule has 178 valence electrons. The van der Waals surface area contributed by atoms with Gasteiger partial charge in [0, 0.05) is 12.1 Å². The van der Waals surface area contributed by atoms with Crippen molar-refractivity contribution in [2.75, 3.05) is 18.6 Å². The highest BCUT2D eigenvalue weighted by Crippen LogP contribution is 2.26. The van der Waals surface area contributed by atoms with Crippen LogP contribution in [0.4, 0.5) is 5.69 Å². The second-order valence-electron chi connectivity index (χ2n) is 8.60. The van der Waals surface area contributed by atoms with E-state index < -0.39 is 12.0 Å². The van der Waals surface area contributed by atoms with E-state index in [1.54, 1.807) is 12.1 Å². The molecule has 3 aromatic carbocycles. The number of benzene rings is 3. The maximum atomic E-state index is 13.0. The van der Waals surface area contributed by atoms with E-state index in [0.29, 0.717) is 17.8 Å². The van der Waals surface area contributed by atoms with Gasteiger partial charge in [-0.05, 0) is 43.8 Å². The zero-order valence-corrected chi connectivity index (χ0v) is 19.6. The molecule has 1 atom stereocenters. The molecule has 1 unspecified atom stereocenters. The van der Waals surface area contributed by atoms with E-state index in [0.717, 1.165) is 16.0 Å². The van der Waals surface area contributed by atoms with E-state index in [9.17, 15) is 19.2 Å². The van der Waals surface area contributed by atoms with Gasteiger partial charge in [0.15, 0.2) is 12.4 Å². The molecule has 1 aliphatic rings. The molecule has 7 nitrogen and oxygen atoms in total. The lowest BCUT2D eigenvalue weighted by molar-refractivity contribution is -0.122. The lowest BCUT2D eigenvalue weighted by Crippen LogP contribution is -2.39. The Labute approximate surface area is 203 Å². The Morgan fingerprint density at radius 1 is 0.914 bits per heavy atom. The average molecular weight is 471 g/mol. The summed E-state index contributed by atoms with van der Waals surface area (Å²) in [4.78, 5) is 53.3. The average Bonchev–Trinajstić information content (AvgIpc) is 3.17. The predicted octanol–water partition coefficient (Wildman–Crippen LogP) is 3.80. The van der Waals surface area contributed by atoms with Gasteiger partial charge >= 0.3 is 5.97 Å². The number of amides is 2. The van der Waals surface area contributed by atoms with Gasteiger partial charge in [-0.3, -0.25) is 19.3 Å². The van der Waals surface area contributed by atoms with Gasteiger partial charge in [0.1, 0.15) is 0 Å². The number of hydrogen-bond donors (Lipinski definition) is 0. The number of hydrogen-bond acceptors (Lipinski definition) is 6. The Morgan fingerprint density at radius 2 is 1.54 bits per heavy atom. The first kappa shape index (κ1) is 24.0. The molecule has 7 heteroatoms. The standard InChI is InChI=1S/C28H26N2O5/c1-19-8-10-21(11-9-19)25(31)18-35-28(34)22-12-14-23(15-13-22)30-26(32)16-24(27(30)33)29(2)17-20-6-4-3-5-7-20/h3-15,24H,16-18H2,1-2H3. The summed E-state index contributed by atoms with van der Waals surface area (Å²) in [6.45, 7) is 2.09. The maximum absolute atomic E-state index is 13.0. The quantitative estimate of drug-likeness (QED) is 0.283. The van der Waals surface area contributed by atoms with Gasteiger partial charge in [-0.2, -0.15) is 0 Å². The van der Waals surface area contributed by atoms with Gasteiger partial charge in [0.2, 0.25) is 5.91 Å². The third kappa shape index (κ3) is 5.53. The fraction of sp³-hybridized carbons (Fsp3) is 0.214. The number of ketones is 1. The highest BCUT2D eigenvalue weighted by molar-refractivity contribution is 6.22. The summed E-state index contributed by atoms with van der Waals surface area (Å²) in [6.07, 6.45) is 0.0904. The number of esters is 1. The molecule has 1 aliphatic heterocycles. The molecule has 35 heavy (non-hydrogen) atoms. The number of rotatable bonds is 8. The van der Waals surface area contributed by atoms with Crippen LogP contribution in [0.3, 0.4) is 0 Å². The third-order valence-electron chi connectivity index (χ3n) is 6.00. The van der Waals surface area contributed by atoms with Crippen LogP contribution < -0.4 is 4.90 Å². The second kappa shape index (κ2) is 10.4. The van der Waals surface area contributed by atoms with Crippen LogP contribution in [0, 0.1) is 6.92 Å². The van der Waals surface area contributed by atoms with Crippen LogP contribution in [0.5, 0.6) is 0 Å². The summed E-state index contributed by atoms with van der Waals surface area (Å²) in [5.74, 6) is -1.54. The van der Waals surface area contributed by atoms with Gasteiger partial charge in [-0.1, -0.05) is 60.2 Å². The molecule has 1 fully saturated rings. The van der Waals surface area contributed by atoms with Crippen molar-refractivity contribution < 1.29 is 23.9 Å². The normalized spacial score (nSPS) is 15.5. The predicted molar refractivity (Wildman–Crippen MR) is 131 cm³/mol. The van der Waals surface area contributed by atoms with Gasteiger partial charge in [0.05, 0.1) is 23.7 Å². The van der Waals surface area contributed by atoms with Crippen molar-refractivity contribution >= 4 is 29.3 Å². The largest absolute Gasteiger partial charge is 0.454 e. The zero-order chi connectivity index (χ0) is 24.9. The molecule has 0 spiro atoms. The minimum absolute atomic E-state index is 0.0904. The van der Waals surface area contributed by atoms with Crippen LogP contribution in [-0.4, -0.2) is 48.2 Å². The molecule has 1 saturated heterocycles. The van der Waals surface area contributed by atoms with Crippen molar-refractivity contribution in [1.29, 1.82) is 0 Å². The summed E-state index contributed by atoms with van der Waals surface area (Å²) in [7, 11) is 1.82. The third-order valence-corrected chi connectivity index (χ3v) is 6.00. The molecule has 3 aromatic rings. The van der Waals surface area contributed by atoms with Crippen molar-refractivity contribution in [3.63, 3.8) is 0 Å². The Balaban J connectivity index is 1.37. The smallest absolute Gasteiger partial charge is 0.338 e. The van der Waals surface area contributed by atoms with Gasteiger partial charge in [-0.15, -0.1) is 0 Å². The number of ether oxygens (including phenoxy) is 1. The number of imide groups is 1. The first-order valence-corrected chi connectivity index (χ1v) is 11.3. The summed E-state index contributed by atoms with van der Waals surface area (Å²) in [6, 6.07) is 22.2. The molecule has 0 N–H and O–H groups in total. The molecule has 0 aliphatic carbocycles. The number of likely N-dealkylation sites (N-methyl/N-ethyl adjacent to an activating group) is 1. The number of aryl methyl sites for hydroxylation is 1. The number of Topliss-reactive ketones (excluding diaryl/α,β-unsaturated/α-hetero) is 1. The van der Waals surface area contributed by atoms with Crippen molar-refractivity contribution in [3.8, 4) is 0 Å². The van der Waals surface area contributed by atoms with E-state index in [4.69, 9.17) is 4.74 Å². The topological polar surface area (TPSA) is 84.0 Å². The number of carbonyl (C=O) groups is 4. The fourth-order valence-corrected chi connectivity index (χ4v) is 4.00. The van der Waals surface area contributed by atoms with Crippen LogP contribution in [0.25, 0.3) is 0 Å². The Hall–Kier alpha value is -4.10. The summed E-state index contributed by atoms with van der Waals surface area (Å²) >= 11 is 0. The van der Waals surface area contributed by atoms with Crippen LogP contribution in [0.1, 0.15) is 38.3 Å². The minimum atomic E-state index is -0.656. The zero-order valence-electron chi connectivity index (χ0n) is 19.6. The van der Waals surface area contributed by atoms with Crippen LogP contribution in [-0.2, 0) is 20.9 Å². The first-order chi connectivity index (χ1) is 16.8. The number of carbonyl (C=O) groups excluding carboxylic acids is 4. The van der Waals surface area contributed by atoms with Crippen LogP contribution in [0.2, 0.25) is 0 Å². The second-order valence-corrected chi connectivity index (χ2v) is 8.60. The monoisotopic (exact) mass is 470 g/mol. The van der Waals surface area contributed by atoms with Crippen LogP contribution >= 0.6 is 0 Å². The summed E-state index contributed by atoms with van der Waals surface area (Å²) < 4.78 is 5.14. The minimum Gasteiger partial charge on any atom is -0.454 e. The lowest BCUT2D eigenvalue weighted by Gasteiger charge is -2.23. The lowest BCUT2D eigenvalue weighted by atomic mass is 10.1. The van der Waals surface area contributed by atoms with Gasteiger partial charge < -0.3 is 4.74 Å². The summed E-state index contributed by atoms with van der Waals surface area (Å²) in [5.41, 5.74) is 3.17. The molecule has 0 aromatic heterocycles. The van der Waals surface area contributed by atoms with E-state index in [-0.39, 0.29) is 36.2 Å². The van der Waals surface area contributed by atoms with Crippen molar-refractivity contribution in [2.45, 2.75) is 25.9 Å². The highest BCUT2D eigenvalue weighted by Gasteiger charge is 2.41. The Kier molecular flexibility index (Phi) is 7.17. The highest BCUT2D eigenvalue weighted by atomic mass is 16.5. The van der Waals surface area contributed by atoms with Gasteiger partial charge in [0.25, 0.3) is 5.91 Å². The fourth-order valence-electron chi connectivity index (χ4n) is 4.00. The molecule has 0 radical (unpaired) electrons. The molecular formula is C28H26N2O5. The van der Waals surface area contributed by atoms with Crippen molar-refractivity contribution in [2.24, 2.45) is 0 Å². The molecule has 0 saturated carbocycles. The molecule has 0 bridgehead atoms. The molecule has 4 rings (SSSR count).